The van der Waals surface area contributed by atoms with Crippen LogP contribution in [0.15, 0.2) is 54.7 Å². The molecule has 0 spiro atoms. The van der Waals surface area contributed by atoms with Crippen LogP contribution in [-0.4, -0.2) is 79.1 Å². The molecule has 1 aliphatic carbocycles. The van der Waals surface area contributed by atoms with Crippen LogP contribution in [0.5, 0.6) is 5.75 Å². The molecule has 8 heteroatoms. The minimum Gasteiger partial charge on any atom is -0.497 e. The maximum absolute atomic E-state index is 14.2. The fourth-order valence-electron chi connectivity index (χ4n) is 5.83. The molecule has 1 saturated carbocycles. The number of amides is 2. The quantitative estimate of drug-likeness (QED) is 0.411. The van der Waals surface area contributed by atoms with Crippen LogP contribution in [-0.2, 0) is 20.7 Å². The van der Waals surface area contributed by atoms with Gasteiger partial charge in [-0.05, 0) is 42.2 Å². The summed E-state index contributed by atoms with van der Waals surface area (Å²) in [4.78, 5) is 35.6. The van der Waals surface area contributed by atoms with Gasteiger partial charge in [-0.1, -0.05) is 49.6 Å². The Morgan fingerprint density at radius 3 is 2.69 bits per heavy atom. The monoisotopic (exact) mass is 532 g/mol. The molecule has 2 amide bonds. The second-order valence-electron chi connectivity index (χ2n) is 10.6. The number of hydrogen-bond donors (Lipinski definition) is 2. The summed E-state index contributed by atoms with van der Waals surface area (Å²) in [6, 6.07) is 15.0. The number of benzene rings is 2. The summed E-state index contributed by atoms with van der Waals surface area (Å²) in [6.07, 6.45) is 7.53. The van der Waals surface area contributed by atoms with E-state index in [0.717, 1.165) is 60.8 Å². The van der Waals surface area contributed by atoms with E-state index >= 15 is 0 Å². The van der Waals surface area contributed by atoms with E-state index in [1.54, 1.807) is 12.0 Å². The van der Waals surface area contributed by atoms with E-state index in [2.05, 4.69) is 15.2 Å². The molecule has 2 fully saturated rings. The van der Waals surface area contributed by atoms with Gasteiger partial charge in [0.1, 0.15) is 11.8 Å². The first-order valence-corrected chi connectivity index (χ1v) is 14.2. The van der Waals surface area contributed by atoms with Crippen molar-refractivity contribution in [2.45, 2.75) is 50.6 Å². The molecule has 0 bridgehead atoms. The Morgan fingerprint density at radius 1 is 1.10 bits per heavy atom. The van der Waals surface area contributed by atoms with Crippen LogP contribution in [0.25, 0.3) is 10.9 Å². The van der Waals surface area contributed by atoms with Gasteiger partial charge in [0.2, 0.25) is 11.8 Å². The van der Waals surface area contributed by atoms with Gasteiger partial charge in [0.15, 0.2) is 0 Å². The van der Waals surface area contributed by atoms with Crippen molar-refractivity contribution in [2.24, 2.45) is 0 Å². The number of carbonyl (C=O) groups excluding carboxylic acids is 2. The third kappa shape index (κ3) is 6.81. The molecule has 39 heavy (non-hydrogen) atoms. The summed E-state index contributed by atoms with van der Waals surface area (Å²) in [5, 5.41) is 4.33. The Hall–Kier alpha value is -3.36. The van der Waals surface area contributed by atoms with Gasteiger partial charge in [-0.25, -0.2) is 0 Å². The average molecular weight is 533 g/mol. The van der Waals surface area contributed by atoms with E-state index in [1.165, 1.54) is 6.42 Å². The number of para-hydroxylation sites is 1. The van der Waals surface area contributed by atoms with E-state index in [1.807, 2.05) is 54.7 Å². The minimum absolute atomic E-state index is 0.0698. The van der Waals surface area contributed by atoms with Crippen molar-refractivity contribution in [3.8, 4) is 5.75 Å². The number of fused-ring (bicyclic) bond motifs is 1. The van der Waals surface area contributed by atoms with Crippen LogP contribution in [0.1, 0.15) is 49.3 Å². The van der Waals surface area contributed by atoms with Gasteiger partial charge in [-0.3, -0.25) is 14.5 Å². The molecule has 1 saturated heterocycles. The SMILES string of the molecule is COc1cccc([C@H](C(=O)NC2CCCCC2)N(CCN2CCOCC2)C(=O)Cc2c[nH]c3ccccc23)c1. The predicted octanol–water partition coefficient (Wildman–Crippen LogP) is 4.07. The van der Waals surface area contributed by atoms with Gasteiger partial charge in [0.25, 0.3) is 0 Å². The van der Waals surface area contributed by atoms with E-state index in [0.29, 0.717) is 32.1 Å². The number of morpholine rings is 1. The maximum atomic E-state index is 14.2. The van der Waals surface area contributed by atoms with Crippen molar-refractivity contribution in [3.63, 3.8) is 0 Å². The lowest BCUT2D eigenvalue weighted by Crippen LogP contribution is -2.50. The third-order valence-electron chi connectivity index (χ3n) is 8.02. The molecule has 3 aromatic rings. The fourth-order valence-corrected chi connectivity index (χ4v) is 5.83. The lowest BCUT2D eigenvalue weighted by molar-refractivity contribution is -0.141. The highest BCUT2D eigenvalue weighted by atomic mass is 16.5. The summed E-state index contributed by atoms with van der Waals surface area (Å²) >= 11 is 0. The van der Waals surface area contributed by atoms with Crippen molar-refractivity contribution < 1.29 is 19.1 Å². The van der Waals surface area contributed by atoms with Gasteiger partial charge < -0.3 is 24.7 Å². The summed E-state index contributed by atoms with van der Waals surface area (Å²) in [5.41, 5.74) is 2.69. The Balaban J connectivity index is 1.46. The highest BCUT2D eigenvalue weighted by Crippen LogP contribution is 2.28. The van der Waals surface area contributed by atoms with Crippen LogP contribution >= 0.6 is 0 Å². The number of carbonyl (C=O) groups is 2. The zero-order valence-corrected chi connectivity index (χ0v) is 22.9. The molecule has 8 nitrogen and oxygen atoms in total. The van der Waals surface area contributed by atoms with Crippen LogP contribution in [0.2, 0.25) is 0 Å². The molecule has 2 N–H and O–H groups in total. The average Bonchev–Trinajstić information content (AvgIpc) is 3.38. The number of aromatic nitrogens is 1. The largest absolute Gasteiger partial charge is 0.497 e. The number of methoxy groups -OCH3 is 1. The lowest BCUT2D eigenvalue weighted by Gasteiger charge is -2.35. The first-order chi connectivity index (χ1) is 19.1. The molecule has 2 aliphatic rings. The van der Waals surface area contributed by atoms with Crippen molar-refractivity contribution in [2.75, 3.05) is 46.5 Å². The predicted molar refractivity (Wildman–Crippen MR) is 152 cm³/mol. The molecular formula is C31H40N4O4. The van der Waals surface area contributed by atoms with Crippen LogP contribution in [0.3, 0.4) is 0 Å². The zero-order valence-electron chi connectivity index (χ0n) is 22.9. The highest BCUT2D eigenvalue weighted by Gasteiger charge is 2.33. The van der Waals surface area contributed by atoms with Crippen LogP contribution < -0.4 is 10.1 Å². The third-order valence-corrected chi connectivity index (χ3v) is 8.02. The fraction of sp³-hybridized carbons (Fsp3) is 0.484. The molecule has 2 heterocycles. The Morgan fingerprint density at radius 2 is 1.90 bits per heavy atom. The first kappa shape index (κ1) is 27.2. The second-order valence-corrected chi connectivity index (χ2v) is 10.6. The molecule has 1 aromatic heterocycles. The topological polar surface area (TPSA) is 86.9 Å². The van der Waals surface area contributed by atoms with Crippen LogP contribution in [0, 0.1) is 0 Å². The molecule has 1 aliphatic heterocycles. The number of hydrogen-bond acceptors (Lipinski definition) is 5. The van der Waals surface area contributed by atoms with E-state index in [-0.39, 0.29) is 24.3 Å². The summed E-state index contributed by atoms with van der Waals surface area (Å²) in [7, 11) is 1.62. The standard InChI is InChI=1S/C31H40N4O4/c1-38-26-11-7-8-23(20-26)30(31(37)33-25-9-3-2-4-10-25)35(15-14-34-16-18-39-19-17-34)29(36)21-24-22-32-28-13-6-5-12-27(24)28/h5-8,11-13,20,22,25,30,32H,2-4,9-10,14-19,21H2,1H3,(H,33,37)/t30-/m1/s1. The van der Waals surface area contributed by atoms with Crippen molar-refractivity contribution >= 4 is 22.7 Å². The summed E-state index contributed by atoms with van der Waals surface area (Å²) < 4.78 is 11.0. The Kier molecular flexibility index (Phi) is 9.16. The lowest BCUT2D eigenvalue weighted by atomic mass is 9.94. The molecule has 2 aromatic carbocycles. The van der Waals surface area contributed by atoms with E-state index < -0.39 is 6.04 Å². The summed E-state index contributed by atoms with van der Waals surface area (Å²) in [5.74, 6) is 0.476. The Labute approximate surface area is 230 Å². The van der Waals surface area contributed by atoms with Crippen molar-refractivity contribution in [3.05, 3.63) is 65.9 Å². The molecule has 1 atom stereocenters. The van der Waals surface area contributed by atoms with Crippen LogP contribution in [0.4, 0.5) is 0 Å². The smallest absolute Gasteiger partial charge is 0.247 e. The van der Waals surface area contributed by atoms with E-state index in [9.17, 15) is 9.59 Å². The highest BCUT2D eigenvalue weighted by molar-refractivity contribution is 5.92. The second kappa shape index (κ2) is 13.1. The number of aromatic amines is 1. The first-order valence-electron chi connectivity index (χ1n) is 14.2. The zero-order chi connectivity index (χ0) is 27.0. The maximum Gasteiger partial charge on any atom is 0.247 e. The van der Waals surface area contributed by atoms with Gasteiger partial charge in [0, 0.05) is 49.3 Å². The van der Waals surface area contributed by atoms with Crippen molar-refractivity contribution in [1.29, 1.82) is 0 Å². The van der Waals surface area contributed by atoms with E-state index in [4.69, 9.17) is 9.47 Å². The van der Waals surface area contributed by atoms with Gasteiger partial charge in [0.05, 0.1) is 26.7 Å². The molecule has 0 unspecified atom stereocenters. The normalized spacial score (nSPS) is 17.6. The van der Waals surface area contributed by atoms with Crippen molar-refractivity contribution in [1.82, 2.24) is 20.1 Å². The Bertz CT molecular complexity index is 1250. The van der Waals surface area contributed by atoms with Gasteiger partial charge >= 0.3 is 0 Å². The summed E-state index contributed by atoms with van der Waals surface area (Å²) in [6.45, 7) is 4.14. The molecule has 5 rings (SSSR count). The minimum atomic E-state index is -0.749. The van der Waals surface area contributed by atoms with Gasteiger partial charge in [-0.2, -0.15) is 0 Å². The molecule has 208 valence electrons. The number of nitrogens with zero attached hydrogens (tertiary/aromatic N) is 2. The van der Waals surface area contributed by atoms with Gasteiger partial charge in [-0.15, -0.1) is 0 Å². The number of rotatable bonds is 10. The number of nitrogens with one attached hydrogen (secondary N) is 2. The number of H-pyrrole nitrogens is 1. The molecular weight excluding hydrogens is 492 g/mol. The molecule has 0 radical (unpaired) electrons. The number of ether oxygens (including phenoxy) is 2.